The number of aromatic hydroxyl groups is 1. The molecule has 0 bridgehead atoms. The number of hydrogen-bond donors (Lipinski definition) is 1. The number of aromatic nitrogens is 2. The number of phenols is 1. The number of nitrogens with zero attached hydrogens (tertiary/aromatic N) is 2. The molecule has 0 radical (unpaired) electrons. The molecule has 5 nitrogen and oxygen atoms in total. The van der Waals surface area contributed by atoms with E-state index in [-0.39, 0.29) is 33.2 Å². The van der Waals surface area contributed by atoms with E-state index in [2.05, 4.69) is 5.10 Å². The first-order valence-corrected chi connectivity index (χ1v) is 5.53. The van der Waals surface area contributed by atoms with Crippen LogP contribution in [0.1, 0.15) is 32.0 Å². The minimum atomic E-state index is -0.437. The first-order valence-electron chi connectivity index (χ1n) is 5.15. The molecule has 0 fully saturated rings. The number of rotatable bonds is 0. The molecule has 1 aromatic carbocycles. The third-order valence-electron chi connectivity index (χ3n) is 2.99. The van der Waals surface area contributed by atoms with Crippen LogP contribution in [0.15, 0.2) is 18.3 Å². The highest BCUT2D eigenvalue weighted by Gasteiger charge is 2.36. The number of fused-ring (bicyclic) bond motifs is 2. The molecule has 0 atom stereocenters. The van der Waals surface area contributed by atoms with E-state index in [9.17, 15) is 14.7 Å². The first kappa shape index (κ1) is 11.0. The molecule has 1 N–H and O–H groups in total. The summed E-state index contributed by atoms with van der Waals surface area (Å²) in [7, 11) is 1.58. The Labute approximate surface area is 107 Å². The van der Waals surface area contributed by atoms with Crippen LogP contribution in [-0.4, -0.2) is 26.5 Å². The van der Waals surface area contributed by atoms with Crippen molar-refractivity contribution in [3.05, 3.63) is 45.7 Å². The highest BCUT2D eigenvalue weighted by atomic mass is 35.5. The first-order chi connectivity index (χ1) is 8.52. The van der Waals surface area contributed by atoms with Crippen LogP contribution < -0.4 is 0 Å². The number of benzene rings is 1. The lowest BCUT2D eigenvalue weighted by Gasteiger charge is -2.16. The molecule has 90 valence electrons. The molecule has 0 unspecified atom stereocenters. The third kappa shape index (κ3) is 1.19. The monoisotopic (exact) mass is 262 g/mol. The summed E-state index contributed by atoms with van der Waals surface area (Å²) in [4.78, 5) is 24.5. The fourth-order valence-corrected chi connectivity index (χ4v) is 2.39. The van der Waals surface area contributed by atoms with Crippen LogP contribution in [0.5, 0.6) is 5.75 Å². The van der Waals surface area contributed by atoms with Crippen molar-refractivity contribution in [1.82, 2.24) is 9.78 Å². The zero-order valence-electron chi connectivity index (χ0n) is 9.27. The SMILES string of the molecule is Cn1ncc2c1C(=O)c1c(Cl)ccc(O)c1C2=O. The summed E-state index contributed by atoms with van der Waals surface area (Å²) in [5, 5.41) is 13.8. The van der Waals surface area contributed by atoms with Crippen LogP contribution in [-0.2, 0) is 7.05 Å². The Hall–Kier alpha value is -2.14. The van der Waals surface area contributed by atoms with Crippen LogP contribution in [0.4, 0.5) is 0 Å². The van der Waals surface area contributed by atoms with Crippen LogP contribution >= 0.6 is 11.6 Å². The Bertz CT molecular complexity index is 718. The van der Waals surface area contributed by atoms with Crippen molar-refractivity contribution in [2.75, 3.05) is 0 Å². The van der Waals surface area contributed by atoms with Gasteiger partial charge in [0.1, 0.15) is 11.4 Å². The van der Waals surface area contributed by atoms with Gasteiger partial charge in [0.15, 0.2) is 0 Å². The number of carbonyl (C=O) groups excluding carboxylic acids is 2. The standard InChI is InChI=1S/C12H7ClN2O3/c1-15-10-5(4-14-15)11(17)9-7(16)3-2-6(13)8(9)12(10)18/h2-4,16H,1H3. The number of ketones is 2. The van der Waals surface area contributed by atoms with Crippen molar-refractivity contribution in [3.63, 3.8) is 0 Å². The Balaban J connectivity index is 2.42. The fourth-order valence-electron chi connectivity index (χ4n) is 2.14. The second kappa shape index (κ2) is 3.43. The summed E-state index contributed by atoms with van der Waals surface area (Å²) in [6.07, 6.45) is 1.32. The molecule has 0 saturated heterocycles. The second-order valence-corrected chi connectivity index (χ2v) is 4.41. The second-order valence-electron chi connectivity index (χ2n) is 4.01. The highest BCUT2D eigenvalue weighted by molar-refractivity contribution is 6.39. The molecule has 1 aliphatic rings. The van der Waals surface area contributed by atoms with E-state index < -0.39 is 11.6 Å². The van der Waals surface area contributed by atoms with E-state index in [4.69, 9.17) is 11.6 Å². The predicted molar refractivity (Wildman–Crippen MR) is 63.2 cm³/mol. The van der Waals surface area contributed by atoms with Crippen molar-refractivity contribution in [2.45, 2.75) is 0 Å². The summed E-state index contributed by atoms with van der Waals surface area (Å²) in [5.41, 5.74) is 0.373. The van der Waals surface area contributed by atoms with Crippen LogP contribution in [0.25, 0.3) is 0 Å². The molecule has 6 heteroatoms. The van der Waals surface area contributed by atoms with Gasteiger partial charge in [-0.2, -0.15) is 5.10 Å². The zero-order valence-corrected chi connectivity index (χ0v) is 10.0. The van der Waals surface area contributed by atoms with Crippen LogP contribution in [0, 0.1) is 0 Å². The maximum absolute atomic E-state index is 12.3. The van der Waals surface area contributed by atoms with E-state index in [0.717, 1.165) is 0 Å². The van der Waals surface area contributed by atoms with Gasteiger partial charge in [0.25, 0.3) is 0 Å². The molecule has 1 heterocycles. The van der Waals surface area contributed by atoms with Gasteiger partial charge in [-0.3, -0.25) is 14.3 Å². The summed E-state index contributed by atoms with van der Waals surface area (Å²) in [5.74, 6) is -1.09. The Kier molecular flexibility index (Phi) is 2.09. The maximum Gasteiger partial charge on any atom is 0.214 e. The number of hydrogen-bond acceptors (Lipinski definition) is 4. The van der Waals surface area contributed by atoms with Gasteiger partial charge in [-0.15, -0.1) is 0 Å². The van der Waals surface area contributed by atoms with Gasteiger partial charge in [0.05, 0.1) is 27.9 Å². The number of aryl methyl sites for hydroxylation is 1. The smallest absolute Gasteiger partial charge is 0.214 e. The molecule has 1 aromatic heterocycles. The third-order valence-corrected chi connectivity index (χ3v) is 3.30. The van der Waals surface area contributed by atoms with Crippen LogP contribution in [0.2, 0.25) is 5.02 Å². The van der Waals surface area contributed by atoms with Crippen molar-refractivity contribution in [3.8, 4) is 5.75 Å². The Morgan fingerprint density at radius 2 is 1.94 bits per heavy atom. The van der Waals surface area contributed by atoms with Gasteiger partial charge in [-0.25, -0.2) is 0 Å². The maximum atomic E-state index is 12.3. The van der Waals surface area contributed by atoms with Gasteiger partial charge in [-0.05, 0) is 12.1 Å². The summed E-state index contributed by atoms with van der Waals surface area (Å²) in [6, 6.07) is 2.69. The lowest BCUT2D eigenvalue weighted by atomic mass is 9.87. The Morgan fingerprint density at radius 1 is 1.22 bits per heavy atom. The quantitative estimate of drug-likeness (QED) is 0.667. The van der Waals surface area contributed by atoms with E-state index in [1.807, 2.05) is 0 Å². The number of phenolic OH excluding ortho intramolecular Hbond substituents is 1. The topological polar surface area (TPSA) is 72.2 Å². The van der Waals surface area contributed by atoms with Gasteiger partial charge < -0.3 is 5.11 Å². The average Bonchev–Trinajstić information content (AvgIpc) is 2.72. The van der Waals surface area contributed by atoms with Gasteiger partial charge in [-0.1, -0.05) is 11.6 Å². The molecule has 0 spiro atoms. The molecule has 0 amide bonds. The Morgan fingerprint density at radius 3 is 2.67 bits per heavy atom. The molecule has 1 aliphatic carbocycles. The number of halogens is 1. The molecular weight excluding hydrogens is 256 g/mol. The molecule has 0 aliphatic heterocycles. The van der Waals surface area contributed by atoms with Crippen LogP contribution in [0.3, 0.4) is 0 Å². The van der Waals surface area contributed by atoms with Gasteiger partial charge >= 0.3 is 0 Å². The molecule has 3 rings (SSSR count). The zero-order chi connectivity index (χ0) is 13.0. The molecular formula is C12H7ClN2O3. The van der Waals surface area contributed by atoms with Crippen molar-refractivity contribution < 1.29 is 14.7 Å². The minimum Gasteiger partial charge on any atom is -0.507 e. The van der Waals surface area contributed by atoms with E-state index in [1.165, 1.54) is 23.0 Å². The molecule has 2 aromatic rings. The summed E-state index contributed by atoms with van der Waals surface area (Å²) < 4.78 is 1.33. The lowest BCUT2D eigenvalue weighted by Crippen LogP contribution is -2.22. The van der Waals surface area contributed by atoms with E-state index in [0.29, 0.717) is 0 Å². The molecule has 0 saturated carbocycles. The van der Waals surface area contributed by atoms with Gasteiger partial charge in [0, 0.05) is 7.05 Å². The number of carbonyl (C=O) groups is 2. The highest BCUT2D eigenvalue weighted by Crippen LogP contribution is 2.36. The van der Waals surface area contributed by atoms with Crippen molar-refractivity contribution >= 4 is 23.2 Å². The van der Waals surface area contributed by atoms with E-state index >= 15 is 0 Å². The normalized spacial score (nSPS) is 13.4. The summed E-state index contributed by atoms with van der Waals surface area (Å²) in [6.45, 7) is 0. The lowest BCUT2D eigenvalue weighted by molar-refractivity contribution is 0.0971. The van der Waals surface area contributed by atoms with Crippen molar-refractivity contribution in [2.24, 2.45) is 7.05 Å². The molecule has 18 heavy (non-hydrogen) atoms. The summed E-state index contributed by atoms with van der Waals surface area (Å²) >= 11 is 5.95. The largest absolute Gasteiger partial charge is 0.507 e. The van der Waals surface area contributed by atoms with Crippen molar-refractivity contribution in [1.29, 1.82) is 0 Å². The predicted octanol–water partition coefficient (Wildman–Crippen LogP) is 1.55. The minimum absolute atomic E-state index is 0.0396. The van der Waals surface area contributed by atoms with E-state index in [1.54, 1.807) is 7.05 Å². The average molecular weight is 263 g/mol. The van der Waals surface area contributed by atoms with Gasteiger partial charge in [0.2, 0.25) is 11.6 Å². The fraction of sp³-hybridized carbons (Fsp3) is 0.0833.